The van der Waals surface area contributed by atoms with E-state index in [1.807, 2.05) is 0 Å². The second-order valence-corrected chi connectivity index (χ2v) is 8.42. The second-order valence-electron chi connectivity index (χ2n) is 6.33. The molecule has 0 aromatic heterocycles. The number of benzene rings is 2. The zero-order valence-electron chi connectivity index (χ0n) is 15.5. The Morgan fingerprint density at radius 3 is 2.43 bits per heavy atom. The van der Waals surface area contributed by atoms with Crippen LogP contribution in [0.4, 0.5) is 11.4 Å². The molecule has 0 radical (unpaired) electrons. The Balaban J connectivity index is 1.56. The summed E-state index contributed by atoms with van der Waals surface area (Å²) in [5.74, 6) is 0.655. The molecule has 3 rings (SSSR count). The lowest BCUT2D eigenvalue weighted by Crippen LogP contribution is -2.34. The van der Waals surface area contributed by atoms with Crippen molar-refractivity contribution in [3.05, 3.63) is 48.5 Å². The lowest BCUT2D eigenvalue weighted by Gasteiger charge is -2.14. The van der Waals surface area contributed by atoms with Gasteiger partial charge >= 0.3 is 0 Å². The van der Waals surface area contributed by atoms with Gasteiger partial charge < -0.3 is 20.1 Å². The summed E-state index contributed by atoms with van der Waals surface area (Å²) >= 11 is 5.27. The van der Waals surface area contributed by atoms with E-state index in [4.69, 9.17) is 21.7 Å². The fourth-order valence-electron chi connectivity index (χ4n) is 2.78. The molecule has 0 spiro atoms. The van der Waals surface area contributed by atoms with Crippen molar-refractivity contribution < 1.29 is 17.9 Å². The Hall–Kier alpha value is -2.36. The molecule has 9 heteroatoms. The van der Waals surface area contributed by atoms with Gasteiger partial charge in [0.1, 0.15) is 5.75 Å². The molecule has 3 N–H and O–H groups in total. The molecule has 1 aliphatic heterocycles. The summed E-state index contributed by atoms with van der Waals surface area (Å²) < 4.78 is 38.2. The van der Waals surface area contributed by atoms with Crippen LogP contribution in [0, 0.1) is 0 Å². The van der Waals surface area contributed by atoms with Crippen molar-refractivity contribution in [1.82, 2.24) is 5.32 Å². The second kappa shape index (κ2) is 9.22. The van der Waals surface area contributed by atoms with Crippen LogP contribution < -0.4 is 20.1 Å². The van der Waals surface area contributed by atoms with Crippen LogP contribution >= 0.6 is 12.2 Å². The molecule has 2 aromatic carbocycles. The van der Waals surface area contributed by atoms with Crippen LogP contribution in [0.15, 0.2) is 53.4 Å². The minimum atomic E-state index is -3.68. The highest BCUT2D eigenvalue weighted by molar-refractivity contribution is 7.92. The quantitative estimate of drug-likeness (QED) is 0.592. The van der Waals surface area contributed by atoms with Crippen LogP contribution in [0.3, 0.4) is 0 Å². The molecule has 1 aliphatic rings. The van der Waals surface area contributed by atoms with Gasteiger partial charge in [0.15, 0.2) is 5.11 Å². The molecule has 0 unspecified atom stereocenters. The highest BCUT2D eigenvalue weighted by Crippen LogP contribution is 2.20. The first-order chi connectivity index (χ1) is 13.5. The number of rotatable bonds is 7. The highest BCUT2D eigenvalue weighted by atomic mass is 32.2. The maximum Gasteiger partial charge on any atom is 0.261 e. The fraction of sp³-hybridized carbons (Fsp3) is 0.316. The van der Waals surface area contributed by atoms with E-state index >= 15 is 0 Å². The molecule has 1 saturated heterocycles. The zero-order valence-corrected chi connectivity index (χ0v) is 17.1. The van der Waals surface area contributed by atoms with E-state index < -0.39 is 10.0 Å². The van der Waals surface area contributed by atoms with Crippen molar-refractivity contribution in [2.24, 2.45) is 0 Å². The lowest BCUT2D eigenvalue weighted by atomic mass is 10.2. The van der Waals surface area contributed by atoms with Gasteiger partial charge in [0.2, 0.25) is 0 Å². The van der Waals surface area contributed by atoms with Gasteiger partial charge in [-0.25, -0.2) is 8.42 Å². The maximum atomic E-state index is 12.5. The van der Waals surface area contributed by atoms with E-state index in [9.17, 15) is 8.42 Å². The summed E-state index contributed by atoms with van der Waals surface area (Å²) in [6.45, 7) is 1.46. The van der Waals surface area contributed by atoms with E-state index in [1.165, 1.54) is 12.1 Å². The average molecular weight is 422 g/mol. The van der Waals surface area contributed by atoms with Gasteiger partial charge in [0.25, 0.3) is 10.0 Å². The summed E-state index contributed by atoms with van der Waals surface area (Å²) in [5, 5.41) is 6.63. The number of hydrogen-bond acceptors (Lipinski definition) is 5. The van der Waals surface area contributed by atoms with Crippen LogP contribution in [0.25, 0.3) is 0 Å². The highest BCUT2D eigenvalue weighted by Gasteiger charge is 2.16. The summed E-state index contributed by atoms with van der Waals surface area (Å²) in [6, 6.07) is 13.1. The third kappa shape index (κ3) is 5.57. The van der Waals surface area contributed by atoms with Gasteiger partial charge in [-0.2, -0.15) is 0 Å². The van der Waals surface area contributed by atoms with Crippen LogP contribution in [0.5, 0.6) is 5.75 Å². The van der Waals surface area contributed by atoms with Crippen molar-refractivity contribution >= 4 is 38.7 Å². The van der Waals surface area contributed by atoms with Crippen LogP contribution in [-0.4, -0.2) is 39.9 Å². The smallest absolute Gasteiger partial charge is 0.261 e. The van der Waals surface area contributed by atoms with Crippen LogP contribution in [-0.2, 0) is 14.8 Å². The number of sulfonamides is 1. The van der Waals surface area contributed by atoms with Gasteiger partial charge in [-0.15, -0.1) is 0 Å². The summed E-state index contributed by atoms with van der Waals surface area (Å²) in [6.07, 6.45) is 2.30. The van der Waals surface area contributed by atoms with Crippen LogP contribution in [0.1, 0.15) is 12.8 Å². The Kier molecular flexibility index (Phi) is 6.71. The topological polar surface area (TPSA) is 88.7 Å². The standard InChI is InChI=1S/C19H23N3O4S2/c1-25-16-8-4-15(5-9-16)22-28(23,24)18-10-6-14(7-11-18)21-19(27)20-13-17-3-2-12-26-17/h4-11,17,22H,2-3,12-13H2,1H3,(H2,20,21,27)/t17-/m1/s1. The fourth-order valence-corrected chi connectivity index (χ4v) is 4.04. The molecule has 1 heterocycles. The molecule has 28 heavy (non-hydrogen) atoms. The molecule has 150 valence electrons. The first-order valence-electron chi connectivity index (χ1n) is 8.90. The molecule has 7 nitrogen and oxygen atoms in total. The third-order valence-electron chi connectivity index (χ3n) is 4.28. The minimum Gasteiger partial charge on any atom is -0.497 e. The molecule has 2 aromatic rings. The maximum absolute atomic E-state index is 12.5. The number of methoxy groups -OCH3 is 1. The normalized spacial score (nSPS) is 16.4. The molecule has 0 amide bonds. The average Bonchev–Trinajstić information content (AvgIpc) is 3.21. The van der Waals surface area contributed by atoms with Gasteiger partial charge in [-0.3, -0.25) is 4.72 Å². The predicted molar refractivity (Wildman–Crippen MR) is 113 cm³/mol. The molecule has 0 saturated carbocycles. The van der Waals surface area contributed by atoms with E-state index in [0.29, 0.717) is 28.8 Å². The molecule has 1 fully saturated rings. The third-order valence-corrected chi connectivity index (χ3v) is 5.92. The SMILES string of the molecule is COc1ccc(NS(=O)(=O)c2ccc(NC(=S)NC[C@H]3CCCO3)cc2)cc1. The number of thiocarbonyl (C=S) groups is 1. The van der Waals surface area contributed by atoms with E-state index in [1.54, 1.807) is 43.5 Å². The number of nitrogens with one attached hydrogen (secondary N) is 3. The Bertz CT molecular complexity index is 894. The first-order valence-corrected chi connectivity index (χ1v) is 10.8. The summed E-state index contributed by atoms with van der Waals surface area (Å²) in [5.41, 5.74) is 1.16. The van der Waals surface area contributed by atoms with E-state index in [0.717, 1.165) is 19.4 Å². The molecule has 0 aliphatic carbocycles. The summed E-state index contributed by atoms with van der Waals surface area (Å²) in [4.78, 5) is 0.159. The Morgan fingerprint density at radius 2 is 1.82 bits per heavy atom. The number of hydrogen-bond donors (Lipinski definition) is 3. The van der Waals surface area contributed by atoms with Crippen molar-refractivity contribution in [3.8, 4) is 5.75 Å². The van der Waals surface area contributed by atoms with E-state index in [2.05, 4.69) is 15.4 Å². The Morgan fingerprint density at radius 1 is 1.14 bits per heavy atom. The molecular formula is C19H23N3O4S2. The molecule has 0 bridgehead atoms. The minimum absolute atomic E-state index is 0.159. The largest absolute Gasteiger partial charge is 0.497 e. The van der Waals surface area contributed by atoms with Crippen molar-refractivity contribution in [2.75, 3.05) is 30.3 Å². The summed E-state index contributed by atoms with van der Waals surface area (Å²) in [7, 11) is -2.13. The number of anilines is 2. The van der Waals surface area contributed by atoms with Crippen molar-refractivity contribution in [1.29, 1.82) is 0 Å². The molecular weight excluding hydrogens is 398 g/mol. The van der Waals surface area contributed by atoms with Gasteiger partial charge in [0, 0.05) is 24.5 Å². The van der Waals surface area contributed by atoms with Crippen molar-refractivity contribution in [2.45, 2.75) is 23.8 Å². The van der Waals surface area contributed by atoms with Gasteiger partial charge in [0.05, 0.1) is 18.1 Å². The molecule has 1 atom stereocenters. The first kappa shape index (κ1) is 20.4. The monoisotopic (exact) mass is 421 g/mol. The van der Waals surface area contributed by atoms with Gasteiger partial charge in [-0.05, 0) is 73.6 Å². The predicted octanol–water partition coefficient (Wildman–Crippen LogP) is 2.96. The zero-order chi connectivity index (χ0) is 20.0. The Labute approximate surface area is 170 Å². The van der Waals surface area contributed by atoms with E-state index in [-0.39, 0.29) is 11.0 Å². The number of ether oxygens (including phenoxy) is 2. The van der Waals surface area contributed by atoms with Gasteiger partial charge in [-0.1, -0.05) is 0 Å². The lowest BCUT2D eigenvalue weighted by molar-refractivity contribution is 0.114. The van der Waals surface area contributed by atoms with Crippen molar-refractivity contribution in [3.63, 3.8) is 0 Å². The van der Waals surface area contributed by atoms with Crippen LogP contribution in [0.2, 0.25) is 0 Å².